The lowest BCUT2D eigenvalue weighted by atomic mass is 10.0. The molecular formula is C21H22BrNO2. The highest BCUT2D eigenvalue weighted by atomic mass is 79.9. The van der Waals surface area contributed by atoms with Crippen molar-refractivity contribution in [3.05, 3.63) is 70.2 Å². The first kappa shape index (κ1) is 17.8. The zero-order valence-electron chi connectivity index (χ0n) is 14.5. The molecule has 4 heteroatoms. The molecule has 130 valence electrons. The summed E-state index contributed by atoms with van der Waals surface area (Å²) < 4.78 is 11.8. The molecule has 0 saturated carbocycles. The van der Waals surface area contributed by atoms with Crippen molar-refractivity contribution in [2.75, 3.05) is 20.8 Å². The van der Waals surface area contributed by atoms with Crippen LogP contribution < -0.4 is 14.8 Å². The Morgan fingerprint density at radius 1 is 0.880 bits per heavy atom. The minimum atomic E-state index is 0.738. The van der Waals surface area contributed by atoms with Crippen LogP contribution in [0.15, 0.2) is 59.1 Å². The van der Waals surface area contributed by atoms with Crippen LogP contribution in [0, 0.1) is 0 Å². The van der Waals surface area contributed by atoms with E-state index in [2.05, 4.69) is 63.7 Å². The van der Waals surface area contributed by atoms with Crippen LogP contribution in [-0.2, 0) is 13.0 Å². The molecule has 0 amide bonds. The largest absolute Gasteiger partial charge is 0.493 e. The van der Waals surface area contributed by atoms with Gasteiger partial charge in [-0.05, 0) is 47.0 Å². The quantitative estimate of drug-likeness (QED) is 0.570. The van der Waals surface area contributed by atoms with Gasteiger partial charge in [0.25, 0.3) is 0 Å². The molecule has 0 bridgehead atoms. The molecule has 3 rings (SSSR count). The van der Waals surface area contributed by atoms with Crippen molar-refractivity contribution < 1.29 is 9.47 Å². The molecule has 3 aromatic carbocycles. The van der Waals surface area contributed by atoms with Gasteiger partial charge in [-0.1, -0.05) is 58.4 Å². The van der Waals surface area contributed by atoms with E-state index < -0.39 is 0 Å². The lowest BCUT2D eigenvalue weighted by molar-refractivity contribution is 0.354. The second kappa shape index (κ2) is 8.37. The number of benzene rings is 3. The standard InChI is InChI=1S/C21H22BrNO2/c1-24-20-12-16(19(22)13-21(20)25-2)10-11-23-14-17-8-5-7-15-6-3-4-9-18(15)17/h3-9,12-13,23H,10-11,14H2,1-2H3. The minimum Gasteiger partial charge on any atom is -0.493 e. The molecule has 0 aromatic heterocycles. The molecule has 0 fully saturated rings. The third-order valence-electron chi connectivity index (χ3n) is 4.32. The summed E-state index contributed by atoms with van der Waals surface area (Å²) in [6.45, 7) is 1.74. The lowest BCUT2D eigenvalue weighted by Gasteiger charge is -2.13. The van der Waals surface area contributed by atoms with Crippen LogP contribution in [0.25, 0.3) is 10.8 Å². The van der Waals surface area contributed by atoms with Crippen LogP contribution in [0.3, 0.4) is 0 Å². The van der Waals surface area contributed by atoms with Gasteiger partial charge < -0.3 is 14.8 Å². The molecule has 0 saturated heterocycles. The van der Waals surface area contributed by atoms with E-state index in [1.54, 1.807) is 14.2 Å². The summed E-state index contributed by atoms with van der Waals surface area (Å²) in [5, 5.41) is 6.13. The average Bonchev–Trinajstić information content (AvgIpc) is 2.66. The van der Waals surface area contributed by atoms with E-state index in [0.29, 0.717) is 0 Å². The number of halogens is 1. The van der Waals surface area contributed by atoms with Gasteiger partial charge in [-0.3, -0.25) is 0 Å². The van der Waals surface area contributed by atoms with Crippen LogP contribution in [0.2, 0.25) is 0 Å². The monoisotopic (exact) mass is 399 g/mol. The second-order valence-electron chi connectivity index (χ2n) is 5.86. The fraction of sp³-hybridized carbons (Fsp3) is 0.238. The van der Waals surface area contributed by atoms with E-state index in [9.17, 15) is 0 Å². The van der Waals surface area contributed by atoms with Crippen molar-refractivity contribution in [3.8, 4) is 11.5 Å². The zero-order chi connectivity index (χ0) is 17.6. The Morgan fingerprint density at radius 3 is 2.40 bits per heavy atom. The Balaban J connectivity index is 1.63. The molecule has 0 aliphatic carbocycles. The van der Waals surface area contributed by atoms with Gasteiger partial charge in [0.15, 0.2) is 11.5 Å². The maximum absolute atomic E-state index is 5.39. The van der Waals surface area contributed by atoms with Crippen molar-refractivity contribution in [1.82, 2.24) is 5.32 Å². The smallest absolute Gasteiger partial charge is 0.161 e. The molecule has 0 aliphatic rings. The molecule has 25 heavy (non-hydrogen) atoms. The Kier molecular flexibility index (Phi) is 5.95. The fourth-order valence-electron chi connectivity index (χ4n) is 2.98. The first-order valence-electron chi connectivity index (χ1n) is 8.30. The highest BCUT2D eigenvalue weighted by Crippen LogP contribution is 2.33. The van der Waals surface area contributed by atoms with E-state index in [-0.39, 0.29) is 0 Å². The maximum atomic E-state index is 5.39. The van der Waals surface area contributed by atoms with Gasteiger partial charge in [-0.2, -0.15) is 0 Å². The first-order valence-corrected chi connectivity index (χ1v) is 9.10. The lowest BCUT2D eigenvalue weighted by Crippen LogP contribution is -2.17. The summed E-state index contributed by atoms with van der Waals surface area (Å²) in [5.74, 6) is 1.50. The molecule has 3 nitrogen and oxygen atoms in total. The summed E-state index contributed by atoms with van der Waals surface area (Å²) in [6, 6.07) is 18.9. The summed E-state index contributed by atoms with van der Waals surface area (Å²) >= 11 is 3.62. The van der Waals surface area contributed by atoms with E-state index in [1.165, 1.54) is 21.9 Å². The number of fused-ring (bicyclic) bond motifs is 1. The highest BCUT2D eigenvalue weighted by Gasteiger charge is 2.09. The molecule has 0 spiro atoms. The van der Waals surface area contributed by atoms with E-state index in [1.807, 2.05) is 12.1 Å². The van der Waals surface area contributed by atoms with Gasteiger partial charge in [0.05, 0.1) is 14.2 Å². The van der Waals surface area contributed by atoms with Crippen molar-refractivity contribution in [1.29, 1.82) is 0 Å². The van der Waals surface area contributed by atoms with Gasteiger partial charge in [-0.25, -0.2) is 0 Å². The number of methoxy groups -OCH3 is 2. The third kappa shape index (κ3) is 4.14. The normalized spacial score (nSPS) is 10.8. The molecular weight excluding hydrogens is 378 g/mol. The summed E-state index contributed by atoms with van der Waals surface area (Å²) in [4.78, 5) is 0. The van der Waals surface area contributed by atoms with Crippen LogP contribution in [-0.4, -0.2) is 20.8 Å². The topological polar surface area (TPSA) is 30.5 Å². The SMILES string of the molecule is COc1cc(Br)c(CCNCc2cccc3ccccc23)cc1OC. The van der Waals surface area contributed by atoms with Gasteiger partial charge >= 0.3 is 0 Å². The predicted molar refractivity (Wildman–Crippen MR) is 107 cm³/mol. The van der Waals surface area contributed by atoms with Crippen LogP contribution in [0.5, 0.6) is 11.5 Å². The number of ether oxygens (including phenoxy) is 2. The minimum absolute atomic E-state index is 0.738. The number of nitrogens with one attached hydrogen (secondary N) is 1. The van der Waals surface area contributed by atoms with Gasteiger partial charge in [-0.15, -0.1) is 0 Å². The van der Waals surface area contributed by atoms with Crippen LogP contribution >= 0.6 is 15.9 Å². The highest BCUT2D eigenvalue weighted by molar-refractivity contribution is 9.10. The molecule has 3 aromatic rings. The Bertz CT molecular complexity index is 858. The zero-order valence-corrected chi connectivity index (χ0v) is 16.1. The van der Waals surface area contributed by atoms with Gasteiger partial charge in [0, 0.05) is 11.0 Å². The van der Waals surface area contributed by atoms with Gasteiger partial charge in [0.1, 0.15) is 0 Å². The van der Waals surface area contributed by atoms with E-state index in [4.69, 9.17) is 9.47 Å². The van der Waals surface area contributed by atoms with Crippen molar-refractivity contribution in [2.45, 2.75) is 13.0 Å². The van der Waals surface area contributed by atoms with Crippen LogP contribution in [0.4, 0.5) is 0 Å². The average molecular weight is 400 g/mol. The molecule has 1 N–H and O–H groups in total. The molecule has 0 atom stereocenters. The summed E-state index contributed by atoms with van der Waals surface area (Å²) in [7, 11) is 3.31. The number of hydrogen-bond donors (Lipinski definition) is 1. The summed E-state index contributed by atoms with van der Waals surface area (Å²) in [6.07, 6.45) is 0.908. The fourth-order valence-corrected chi connectivity index (χ4v) is 3.50. The first-order chi connectivity index (χ1) is 12.2. The van der Waals surface area contributed by atoms with E-state index >= 15 is 0 Å². The van der Waals surface area contributed by atoms with Crippen molar-refractivity contribution in [2.24, 2.45) is 0 Å². The number of rotatable bonds is 7. The molecule has 0 unspecified atom stereocenters. The van der Waals surface area contributed by atoms with Crippen LogP contribution in [0.1, 0.15) is 11.1 Å². The Morgan fingerprint density at radius 2 is 1.60 bits per heavy atom. The van der Waals surface area contributed by atoms with Crippen molar-refractivity contribution in [3.63, 3.8) is 0 Å². The summed E-state index contributed by atoms with van der Waals surface area (Å²) in [5.41, 5.74) is 2.52. The molecule has 0 aliphatic heterocycles. The maximum Gasteiger partial charge on any atom is 0.161 e. The molecule has 0 heterocycles. The second-order valence-corrected chi connectivity index (χ2v) is 6.72. The molecule has 0 radical (unpaired) electrons. The predicted octanol–water partition coefficient (Wildman–Crippen LogP) is 4.95. The third-order valence-corrected chi connectivity index (χ3v) is 5.06. The Labute approximate surface area is 157 Å². The number of hydrogen-bond acceptors (Lipinski definition) is 3. The van der Waals surface area contributed by atoms with Gasteiger partial charge in [0.2, 0.25) is 0 Å². The van der Waals surface area contributed by atoms with E-state index in [0.717, 1.165) is 35.5 Å². The van der Waals surface area contributed by atoms with Crippen molar-refractivity contribution >= 4 is 26.7 Å². The Hall–Kier alpha value is -2.04.